The Morgan fingerprint density at radius 3 is 2.33 bits per heavy atom. The van der Waals surface area contributed by atoms with Crippen LogP contribution in [0.4, 0.5) is 13.2 Å². The molecule has 0 radical (unpaired) electrons. The molecule has 0 amide bonds. The van der Waals surface area contributed by atoms with Gasteiger partial charge in [-0.2, -0.15) is 13.2 Å². The van der Waals surface area contributed by atoms with Crippen molar-refractivity contribution in [1.29, 1.82) is 0 Å². The maximum atomic E-state index is 13.3. The molecule has 0 aliphatic carbocycles. The van der Waals surface area contributed by atoms with Crippen LogP contribution in [0, 0.1) is 6.92 Å². The van der Waals surface area contributed by atoms with Crippen molar-refractivity contribution in [2.45, 2.75) is 18.0 Å². The van der Waals surface area contributed by atoms with E-state index < -0.39 is 38.4 Å². The van der Waals surface area contributed by atoms with Crippen molar-refractivity contribution in [1.82, 2.24) is 8.96 Å². The molecule has 2 heterocycles. The van der Waals surface area contributed by atoms with Gasteiger partial charge in [-0.1, -0.05) is 17.7 Å². The summed E-state index contributed by atoms with van der Waals surface area (Å²) in [5.41, 5.74) is -1.29. The summed E-state index contributed by atoms with van der Waals surface area (Å²) >= 11 is 0. The molecular formula is C17H13F3N2O4S. The Morgan fingerprint density at radius 2 is 1.81 bits per heavy atom. The van der Waals surface area contributed by atoms with Gasteiger partial charge in [0.2, 0.25) is 5.88 Å². The number of benzene rings is 1. The Morgan fingerprint density at radius 1 is 1.19 bits per heavy atom. The number of alkyl halides is 3. The second-order valence-corrected chi connectivity index (χ2v) is 7.50. The van der Waals surface area contributed by atoms with Crippen molar-refractivity contribution in [2.24, 2.45) is 0 Å². The molecule has 6 nitrogen and oxygen atoms in total. The number of carbonyl (C=O) groups excluding carboxylic acids is 1. The minimum absolute atomic E-state index is 0.172. The van der Waals surface area contributed by atoms with Crippen molar-refractivity contribution in [2.75, 3.05) is 7.11 Å². The number of aryl methyl sites for hydroxylation is 1. The predicted octanol–water partition coefficient (Wildman–Crippen LogP) is 3.42. The maximum absolute atomic E-state index is 13.3. The fraction of sp³-hybridized carbons (Fsp3) is 0.176. The highest BCUT2D eigenvalue weighted by Gasteiger charge is 2.37. The van der Waals surface area contributed by atoms with Crippen LogP contribution < -0.4 is 4.74 Å². The minimum atomic E-state index is -4.79. The van der Waals surface area contributed by atoms with E-state index in [-0.39, 0.29) is 17.1 Å². The van der Waals surface area contributed by atoms with E-state index in [1.165, 1.54) is 24.3 Å². The van der Waals surface area contributed by atoms with Crippen molar-refractivity contribution in [3.8, 4) is 5.88 Å². The number of nitrogens with zero attached hydrogens (tertiary/aromatic N) is 2. The highest BCUT2D eigenvalue weighted by atomic mass is 32.2. The van der Waals surface area contributed by atoms with Crippen LogP contribution in [0.3, 0.4) is 0 Å². The van der Waals surface area contributed by atoms with Crippen molar-refractivity contribution in [3.63, 3.8) is 0 Å². The van der Waals surface area contributed by atoms with Gasteiger partial charge in [-0.3, -0.25) is 4.79 Å². The predicted molar refractivity (Wildman–Crippen MR) is 90.4 cm³/mol. The molecule has 0 aliphatic heterocycles. The normalized spacial score (nSPS) is 12.3. The van der Waals surface area contributed by atoms with Crippen LogP contribution in [0.1, 0.15) is 21.6 Å². The Hall–Kier alpha value is -2.88. The molecule has 0 saturated heterocycles. The summed E-state index contributed by atoms with van der Waals surface area (Å²) in [6.45, 7) is 1.75. The van der Waals surface area contributed by atoms with Crippen LogP contribution in [-0.2, 0) is 16.2 Å². The zero-order valence-corrected chi connectivity index (χ0v) is 14.9. The van der Waals surface area contributed by atoms with Crippen LogP contribution in [0.2, 0.25) is 0 Å². The number of hydrogen-bond acceptors (Lipinski definition) is 5. The Labute approximate surface area is 152 Å². The number of ether oxygens (including phenoxy) is 1. The topological polar surface area (TPSA) is 78.3 Å². The maximum Gasteiger partial charge on any atom is 0.418 e. The van der Waals surface area contributed by atoms with Crippen LogP contribution >= 0.6 is 0 Å². The monoisotopic (exact) mass is 398 g/mol. The zero-order valence-electron chi connectivity index (χ0n) is 14.1. The summed E-state index contributed by atoms with van der Waals surface area (Å²) in [6.07, 6.45) is -4.08. The van der Waals surface area contributed by atoms with E-state index >= 15 is 0 Å². The fourth-order valence-corrected chi connectivity index (χ4v) is 4.19. The van der Waals surface area contributed by atoms with E-state index in [4.69, 9.17) is 4.74 Å². The number of carbonyl (C=O) groups is 1. The highest BCUT2D eigenvalue weighted by Crippen LogP contribution is 2.39. The lowest BCUT2D eigenvalue weighted by atomic mass is 10.1. The molecule has 0 unspecified atom stereocenters. The summed E-state index contributed by atoms with van der Waals surface area (Å²) in [5, 5.41) is -0.493. The molecule has 0 aliphatic rings. The van der Waals surface area contributed by atoms with Gasteiger partial charge in [0.15, 0.2) is 6.29 Å². The number of halogens is 3. The van der Waals surface area contributed by atoms with Gasteiger partial charge in [-0.25, -0.2) is 17.4 Å². The van der Waals surface area contributed by atoms with E-state index in [0.29, 0.717) is 10.2 Å². The van der Waals surface area contributed by atoms with Gasteiger partial charge in [0.25, 0.3) is 10.0 Å². The Balaban J connectivity index is 2.45. The smallest absolute Gasteiger partial charge is 0.418 e. The second-order valence-electron chi connectivity index (χ2n) is 5.71. The molecule has 0 N–H and O–H groups in total. The summed E-state index contributed by atoms with van der Waals surface area (Å²) in [6, 6.07) is 6.55. The molecule has 0 atom stereocenters. The van der Waals surface area contributed by atoms with E-state index in [1.54, 1.807) is 6.92 Å². The van der Waals surface area contributed by atoms with Gasteiger partial charge < -0.3 is 4.74 Å². The Bertz CT molecular complexity index is 1130. The molecule has 0 saturated carbocycles. The highest BCUT2D eigenvalue weighted by molar-refractivity contribution is 7.90. The summed E-state index contributed by atoms with van der Waals surface area (Å²) in [7, 11) is -3.23. The first-order chi connectivity index (χ1) is 12.6. The number of fused-ring (bicyclic) bond motifs is 1. The third kappa shape index (κ3) is 3.05. The van der Waals surface area contributed by atoms with Crippen molar-refractivity contribution < 1.29 is 31.1 Å². The third-order valence-electron chi connectivity index (χ3n) is 3.97. The largest absolute Gasteiger partial charge is 0.479 e. The van der Waals surface area contributed by atoms with Gasteiger partial charge in [-0.05, 0) is 25.1 Å². The molecule has 2 aromatic heterocycles. The number of hydrogen-bond donors (Lipinski definition) is 0. The van der Waals surface area contributed by atoms with Crippen LogP contribution in [0.15, 0.2) is 41.4 Å². The molecular weight excluding hydrogens is 385 g/mol. The summed E-state index contributed by atoms with van der Waals surface area (Å²) < 4.78 is 71.6. The summed E-state index contributed by atoms with van der Waals surface area (Å²) in [4.78, 5) is 14.9. The lowest BCUT2D eigenvalue weighted by Gasteiger charge is -2.13. The average molecular weight is 398 g/mol. The third-order valence-corrected chi connectivity index (χ3v) is 5.71. The van der Waals surface area contributed by atoms with Crippen LogP contribution in [0.25, 0.3) is 10.9 Å². The lowest BCUT2D eigenvalue weighted by Crippen LogP contribution is -2.16. The minimum Gasteiger partial charge on any atom is -0.479 e. The van der Waals surface area contributed by atoms with Gasteiger partial charge in [0.05, 0.1) is 23.3 Å². The first-order valence-corrected chi connectivity index (χ1v) is 8.98. The van der Waals surface area contributed by atoms with Crippen molar-refractivity contribution in [3.05, 3.63) is 53.3 Å². The van der Waals surface area contributed by atoms with E-state index in [2.05, 4.69) is 4.98 Å². The zero-order chi connectivity index (χ0) is 20.0. The number of rotatable bonds is 4. The fourth-order valence-electron chi connectivity index (χ4n) is 2.71. The van der Waals surface area contributed by atoms with Gasteiger partial charge >= 0.3 is 6.18 Å². The number of aldehydes is 1. The first kappa shape index (κ1) is 18.9. The number of aromatic nitrogens is 2. The standard InChI is InChI=1S/C17H13F3N2O4S/c1-10-3-5-12(6-4-10)27(24,25)22-11(9-23)7-13-14(17(18,19)20)8-21-16(26-2)15(13)22/h3-9H,1-2H3. The number of methoxy groups -OCH3 is 1. The number of pyridine rings is 1. The average Bonchev–Trinajstić information content (AvgIpc) is 3.00. The van der Waals surface area contributed by atoms with Crippen LogP contribution in [0.5, 0.6) is 5.88 Å². The Kier molecular flexibility index (Phi) is 4.46. The SMILES string of the molecule is COc1ncc(C(F)(F)F)c2cc(C=O)n(S(=O)(=O)c3ccc(C)cc3)c12. The van der Waals surface area contributed by atoms with Gasteiger partial charge in [0, 0.05) is 11.6 Å². The molecule has 142 valence electrons. The van der Waals surface area contributed by atoms with E-state index in [0.717, 1.165) is 18.7 Å². The molecule has 1 aromatic carbocycles. The summed E-state index contributed by atoms with van der Waals surface area (Å²) in [5.74, 6) is -0.346. The molecule has 10 heteroatoms. The quantitative estimate of drug-likeness (QED) is 0.630. The van der Waals surface area contributed by atoms with Gasteiger partial charge in [0.1, 0.15) is 5.52 Å². The van der Waals surface area contributed by atoms with Gasteiger partial charge in [-0.15, -0.1) is 0 Å². The molecule has 0 fully saturated rings. The second kappa shape index (κ2) is 6.38. The van der Waals surface area contributed by atoms with E-state index in [1.807, 2.05) is 0 Å². The molecule has 3 rings (SSSR count). The molecule has 0 spiro atoms. The first-order valence-electron chi connectivity index (χ1n) is 7.54. The van der Waals surface area contributed by atoms with Crippen LogP contribution in [-0.4, -0.2) is 30.8 Å². The lowest BCUT2D eigenvalue weighted by molar-refractivity contribution is -0.136. The van der Waals surface area contributed by atoms with Crippen molar-refractivity contribution >= 4 is 27.2 Å². The molecule has 0 bridgehead atoms. The molecule has 3 aromatic rings. The molecule has 27 heavy (non-hydrogen) atoms. The van der Waals surface area contributed by atoms with E-state index in [9.17, 15) is 26.4 Å².